The second-order valence-corrected chi connectivity index (χ2v) is 8.83. The zero-order valence-corrected chi connectivity index (χ0v) is 15.5. The van der Waals surface area contributed by atoms with Gasteiger partial charge in [0.1, 0.15) is 0 Å². The number of aliphatic carboxylic acids is 1. The molecule has 25 heavy (non-hydrogen) atoms. The van der Waals surface area contributed by atoms with Crippen LogP contribution in [-0.2, 0) is 25.8 Å². The quantitative estimate of drug-likeness (QED) is 0.831. The fourth-order valence-corrected chi connectivity index (χ4v) is 3.97. The second kappa shape index (κ2) is 7.99. The van der Waals surface area contributed by atoms with E-state index in [2.05, 4.69) is 0 Å². The van der Waals surface area contributed by atoms with E-state index in [0.29, 0.717) is 24.2 Å². The molecule has 138 valence electrons. The van der Waals surface area contributed by atoms with Crippen molar-refractivity contribution in [1.82, 2.24) is 4.90 Å². The highest BCUT2D eigenvalue weighted by Gasteiger charge is 2.32. The number of likely N-dealkylation sites (tertiary alicyclic amines) is 1. The number of benzene rings is 1. The standard InChI is InChI=1S/C18H25NO5S/c1-3-25(23,24)16-9-5-14(6-10-16)7-11-17(20)19-12-15(18(21)22)8-4-13(19)2/h5-6,9-10,13,15H,3-4,7-8,11-12H2,1-2H3,(H,21,22). The largest absolute Gasteiger partial charge is 0.481 e. The summed E-state index contributed by atoms with van der Waals surface area (Å²) in [6.45, 7) is 3.81. The molecule has 7 heteroatoms. The summed E-state index contributed by atoms with van der Waals surface area (Å²) in [5.41, 5.74) is 0.892. The van der Waals surface area contributed by atoms with Crippen LogP contribution in [0.3, 0.4) is 0 Å². The lowest BCUT2D eigenvalue weighted by atomic mass is 9.93. The minimum Gasteiger partial charge on any atom is -0.481 e. The van der Waals surface area contributed by atoms with Crippen LogP contribution in [0, 0.1) is 5.92 Å². The summed E-state index contributed by atoms with van der Waals surface area (Å²) in [5, 5.41) is 9.16. The van der Waals surface area contributed by atoms with Crippen molar-refractivity contribution < 1.29 is 23.1 Å². The maximum absolute atomic E-state index is 12.5. The van der Waals surface area contributed by atoms with Crippen LogP contribution in [0.1, 0.15) is 38.7 Å². The van der Waals surface area contributed by atoms with Gasteiger partial charge < -0.3 is 10.0 Å². The first kappa shape index (κ1) is 19.4. The van der Waals surface area contributed by atoms with Crippen LogP contribution in [0.5, 0.6) is 0 Å². The average Bonchev–Trinajstić information content (AvgIpc) is 2.60. The van der Waals surface area contributed by atoms with Crippen LogP contribution in [0.25, 0.3) is 0 Å². The molecule has 1 aliphatic rings. The predicted octanol–water partition coefficient (Wildman–Crippen LogP) is 2.12. The summed E-state index contributed by atoms with van der Waals surface area (Å²) >= 11 is 0. The number of piperidine rings is 1. The van der Waals surface area contributed by atoms with Crippen LogP contribution in [0.2, 0.25) is 0 Å². The molecule has 1 amide bonds. The van der Waals surface area contributed by atoms with Crippen LogP contribution in [-0.4, -0.2) is 48.6 Å². The highest BCUT2D eigenvalue weighted by Crippen LogP contribution is 2.23. The molecule has 1 fully saturated rings. The van der Waals surface area contributed by atoms with Gasteiger partial charge in [0.25, 0.3) is 0 Å². The Hall–Kier alpha value is -1.89. The summed E-state index contributed by atoms with van der Waals surface area (Å²) in [6.07, 6.45) is 2.10. The van der Waals surface area contributed by atoms with Crippen LogP contribution < -0.4 is 0 Å². The Bertz CT molecular complexity index is 726. The molecule has 0 radical (unpaired) electrons. The first-order valence-corrected chi connectivity index (χ1v) is 10.2. The Morgan fingerprint density at radius 3 is 2.40 bits per heavy atom. The Labute approximate surface area is 148 Å². The lowest BCUT2D eigenvalue weighted by Crippen LogP contribution is -2.47. The van der Waals surface area contributed by atoms with Gasteiger partial charge in [0.05, 0.1) is 16.6 Å². The molecule has 0 saturated carbocycles. The summed E-state index contributed by atoms with van der Waals surface area (Å²) in [5.74, 6) is -1.33. The molecule has 0 aromatic heterocycles. The van der Waals surface area contributed by atoms with Crippen molar-refractivity contribution in [2.45, 2.75) is 50.5 Å². The van der Waals surface area contributed by atoms with Gasteiger partial charge in [-0.15, -0.1) is 0 Å². The van der Waals surface area contributed by atoms with Gasteiger partial charge in [-0.3, -0.25) is 9.59 Å². The second-order valence-electron chi connectivity index (χ2n) is 6.56. The van der Waals surface area contributed by atoms with Crippen LogP contribution >= 0.6 is 0 Å². The Morgan fingerprint density at radius 1 is 1.20 bits per heavy atom. The predicted molar refractivity (Wildman–Crippen MR) is 94.0 cm³/mol. The molecule has 2 atom stereocenters. The Balaban J connectivity index is 1.96. The van der Waals surface area contributed by atoms with Gasteiger partial charge in [-0.2, -0.15) is 0 Å². The summed E-state index contributed by atoms with van der Waals surface area (Å²) in [7, 11) is -3.22. The number of aryl methyl sites for hydroxylation is 1. The lowest BCUT2D eigenvalue weighted by Gasteiger charge is -2.36. The van der Waals surface area contributed by atoms with E-state index in [0.717, 1.165) is 5.56 Å². The number of nitrogens with zero attached hydrogens (tertiary/aromatic N) is 1. The van der Waals surface area contributed by atoms with Gasteiger partial charge in [0.15, 0.2) is 9.84 Å². The molecule has 2 unspecified atom stereocenters. The number of carbonyl (C=O) groups excluding carboxylic acids is 1. The van der Waals surface area contributed by atoms with E-state index in [9.17, 15) is 18.0 Å². The smallest absolute Gasteiger partial charge is 0.308 e. The Kier molecular flexibility index (Phi) is 6.21. The normalized spacial score (nSPS) is 21.1. The SMILES string of the molecule is CCS(=O)(=O)c1ccc(CCC(=O)N2CC(C(=O)O)CCC2C)cc1. The molecule has 1 aromatic carbocycles. The number of carboxylic acids is 1. The van der Waals surface area contributed by atoms with Crippen LogP contribution in [0.15, 0.2) is 29.2 Å². The molecule has 1 saturated heterocycles. The third kappa shape index (κ3) is 4.81. The van der Waals surface area contributed by atoms with Crippen molar-refractivity contribution in [3.05, 3.63) is 29.8 Å². The van der Waals surface area contributed by atoms with E-state index in [1.807, 2.05) is 6.92 Å². The maximum Gasteiger partial charge on any atom is 0.308 e. The van der Waals surface area contributed by atoms with Crippen LogP contribution in [0.4, 0.5) is 0 Å². The molecule has 0 bridgehead atoms. The molecule has 1 aliphatic heterocycles. The first-order chi connectivity index (χ1) is 11.7. The molecule has 0 spiro atoms. The van der Waals surface area contributed by atoms with Crippen molar-refractivity contribution in [2.75, 3.05) is 12.3 Å². The van der Waals surface area contributed by atoms with Gasteiger partial charge in [-0.1, -0.05) is 19.1 Å². The third-order valence-electron chi connectivity index (χ3n) is 4.84. The van der Waals surface area contributed by atoms with E-state index < -0.39 is 21.7 Å². The minimum atomic E-state index is -3.22. The van der Waals surface area contributed by atoms with Gasteiger partial charge >= 0.3 is 5.97 Å². The number of sulfone groups is 1. The number of carbonyl (C=O) groups is 2. The van der Waals surface area contributed by atoms with E-state index in [-0.39, 0.29) is 30.7 Å². The van der Waals surface area contributed by atoms with Crippen molar-refractivity contribution >= 4 is 21.7 Å². The van der Waals surface area contributed by atoms with Gasteiger partial charge in [0, 0.05) is 19.0 Å². The molecule has 1 aromatic rings. The van der Waals surface area contributed by atoms with E-state index in [1.165, 1.54) is 0 Å². The highest BCUT2D eigenvalue weighted by molar-refractivity contribution is 7.91. The third-order valence-corrected chi connectivity index (χ3v) is 6.59. The highest BCUT2D eigenvalue weighted by atomic mass is 32.2. The van der Waals surface area contributed by atoms with Crippen molar-refractivity contribution in [3.63, 3.8) is 0 Å². The number of amides is 1. The summed E-state index contributed by atoms with van der Waals surface area (Å²) < 4.78 is 23.6. The monoisotopic (exact) mass is 367 g/mol. The van der Waals surface area contributed by atoms with Crippen molar-refractivity contribution in [2.24, 2.45) is 5.92 Å². The number of hydrogen-bond donors (Lipinski definition) is 1. The van der Waals surface area contributed by atoms with E-state index in [1.54, 1.807) is 36.1 Å². The number of hydrogen-bond acceptors (Lipinski definition) is 4. The average molecular weight is 367 g/mol. The van der Waals surface area contributed by atoms with E-state index >= 15 is 0 Å². The van der Waals surface area contributed by atoms with Gasteiger partial charge in [0.2, 0.25) is 5.91 Å². The molecule has 1 heterocycles. The fourth-order valence-electron chi connectivity index (χ4n) is 3.08. The molecular weight excluding hydrogens is 342 g/mol. The lowest BCUT2D eigenvalue weighted by molar-refractivity contribution is -0.147. The molecule has 1 N–H and O–H groups in total. The zero-order chi connectivity index (χ0) is 18.6. The number of carboxylic acid groups (broad SMARTS) is 1. The fraction of sp³-hybridized carbons (Fsp3) is 0.556. The van der Waals surface area contributed by atoms with Gasteiger partial charge in [-0.05, 0) is 43.9 Å². The minimum absolute atomic E-state index is 0.0521. The molecule has 2 rings (SSSR count). The summed E-state index contributed by atoms with van der Waals surface area (Å²) in [6, 6.07) is 6.66. The maximum atomic E-state index is 12.5. The summed E-state index contributed by atoms with van der Waals surface area (Å²) in [4.78, 5) is 25.6. The Morgan fingerprint density at radius 2 is 1.84 bits per heavy atom. The molecule has 6 nitrogen and oxygen atoms in total. The van der Waals surface area contributed by atoms with Crippen molar-refractivity contribution in [1.29, 1.82) is 0 Å². The topological polar surface area (TPSA) is 91.8 Å². The molecular formula is C18H25NO5S. The van der Waals surface area contributed by atoms with E-state index in [4.69, 9.17) is 5.11 Å². The molecule has 0 aliphatic carbocycles. The van der Waals surface area contributed by atoms with Gasteiger partial charge in [-0.25, -0.2) is 8.42 Å². The first-order valence-electron chi connectivity index (χ1n) is 8.58. The number of rotatable bonds is 6. The van der Waals surface area contributed by atoms with Crippen molar-refractivity contribution in [3.8, 4) is 0 Å². The zero-order valence-electron chi connectivity index (χ0n) is 14.6.